The van der Waals surface area contributed by atoms with Crippen molar-refractivity contribution in [3.05, 3.63) is 23.8 Å². The van der Waals surface area contributed by atoms with Crippen LogP contribution in [0.2, 0.25) is 0 Å². The van der Waals surface area contributed by atoms with Gasteiger partial charge in [0.1, 0.15) is 6.61 Å². The normalized spacial score (nSPS) is 10.4. The predicted octanol–water partition coefficient (Wildman–Crippen LogP) is 2.20. The number of ether oxygens (including phenoxy) is 3. The van der Waals surface area contributed by atoms with Crippen LogP contribution < -0.4 is 9.47 Å². The summed E-state index contributed by atoms with van der Waals surface area (Å²) >= 11 is 0. The van der Waals surface area contributed by atoms with Crippen molar-refractivity contribution in [1.29, 1.82) is 0 Å². The zero-order valence-corrected chi connectivity index (χ0v) is 10.8. The Balaban J connectivity index is 2.66. The number of hydrogen-bond acceptors (Lipinski definition) is 4. The molecular weight excluding hydrogens is 236 g/mol. The van der Waals surface area contributed by atoms with Crippen molar-refractivity contribution in [2.24, 2.45) is 0 Å². The van der Waals surface area contributed by atoms with Crippen molar-refractivity contribution in [1.82, 2.24) is 0 Å². The summed E-state index contributed by atoms with van der Waals surface area (Å²) in [4.78, 5) is 10.9. The maximum absolute atomic E-state index is 10.9. The first kappa shape index (κ1) is 14.3. The lowest BCUT2D eigenvalue weighted by Gasteiger charge is -2.12. The molecule has 0 aliphatic carbocycles. The van der Waals surface area contributed by atoms with Crippen molar-refractivity contribution in [2.45, 2.75) is 20.0 Å². The molecule has 0 aromatic heterocycles. The van der Waals surface area contributed by atoms with Crippen LogP contribution >= 0.6 is 0 Å². The molecule has 100 valence electrons. The monoisotopic (exact) mass is 254 g/mol. The number of carboxylic acids is 1. The quantitative estimate of drug-likeness (QED) is 0.756. The van der Waals surface area contributed by atoms with Crippen LogP contribution in [-0.2, 0) is 4.74 Å². The lowest BCUT2D eigenvalue weighted by atomic mass is 10.2. The Hall–Kier alpha value is -1.75. The van der Waals surface area contributed by atoms with Gasteiger partial charge in [-0.15, -0.1) is 0 Å². The van der Waals surface area contributed by atoms with Crippen LogP contribution in [0.4, 0.5) is 0 Å². The minimum Gasteiger partial charge on any atom is -0.493 e. The molecular formula is C13H18O5. The maximum atomic E-state index is 10.9. The van der Waals surface area contributed by atoms with Crippen LogP contribution in [0, 0.1) is 0 Å². The summed E-state index contributed by atoms with van der Waals surface area (Å²) < 4.78 is 15.9. The Morgan fingerprint density at radius 3 is 2.56 bits per heavy atom. The van der Waals surface area contributed by atoms with Gasteiger partial charge in [-0.05, 0) is 32.0 Å². The fourth-order valence-corrected chi connectivity index (χ4v) is 1.36. The van der Waals surface area contributed by atoms with E-state index < -0.39 is 5.97 Å². The molecule has 0 radical (unpaired) electrons. The first-order valence-electron chi connectivity index (χ1n) is 5.70. The highest BCUT2D eigenvalue weighted by molar-refractivity contribution is 5.88. The Kier molecular flexibility index (Phi) is 5.45. The smallest absolute Gasteiger partial charge is 0.335 e. The van der Waals surface area contributed by atoms with Crippen molar-refractivity contribution >= 4 is 5.97 Å². The van der Waals surface area contributed by atoms with Gasteiger partial charge in [0.2, 0.25) is 0 Å². The number of rotatable bonds is 7. The lowest BCUT2D eigenvalue weighted by molar-refractivity contribution is 0.0546. The summed E-state index contributed by atoms with van der Waals surface area (Å²) in [6, 6.07) is 4.48. The molecule has 1 aromatic carbocycles. The summed E-state index contributed by atoms with van der Waals surface area (Å²) in [5.74, 6) is -0.0877. The van der Waals surface area contributed by atoms with Gasteiger partial charge in [-0.3, -0.25) is 0 Å². The summed E-state index contributed by atoms with van der Waals surface area (Å²) in [7, 11) is 1.51. The molecule has 0 heterocycles. The zero-order chi connectivity index (χ0) is 13.5. The van der Waals surface area contributed by atoms with Gasteiger partial charge in [0.15, 0.2) is 11.5 Å². The molecule has 0 bridgehead atoms. The second kappa shape index (κ2) is 6.86. The van der Waals surface area contributed by atoms with E-state index >= 15 is 0 Å². The molecule has 0 saturated carbocycles. The molecule has 5 heteroatoms. The molecule has 18 heavy (non-hydrogen) atoms. The van der Waals surface area contributed by atoms with Crippen molar-refractivity contribution in [3.8, 4) is 11.5 Å². The number of benzene rings is 1. The zero-order valence-electron chi connectivity index (χ0n) is 10.8. The van der Waals surface area contributed by atoms with E-state index in [0.717, 1.165) is 0 Å². The second-order valence-electron chi connectivity index (χ2n) is 3.94. The minimum atomic E-state index is -0.999. The van der Waals surface area contributed by atoms with E-state index in [1.807, 2.05) is 13.8 Å². The average Bonchev–Trinajstić information content (AvgIpc) is 2.34. The number of methoxy groups -OCH3 is 1. The molecule has 5 nitrogen and oxygen atoms in total. The Morgan fingerprint density at radius 2 is 2.00 bits per heavy atom. The number of hydrogen-bond donors (Lipinski definition) is 1. The molecule has 0 aliphatic rings. The van der Waals surface area contributed by atoms with Crippen LogP contribution in [0.3, 0.4) is 0 Å². The summed E-state index contributed by atoms with van der Waals surface area (Å²) in [5.41, 5.74) is 0.163. The van der Waals surface area contributed by atoms with Crippen LogP contribution in [0.1, 0.15) is 24.2 Å². The highest BCUT2D eigenvalue weighted by Crippen LogP contribution is 2.27. The molecule has 1 rings (SSSR count). The van der Waals surface area contributed by atoms with Crippen LogP contribution in [0.15, 0.2) is 18.2 Å². The van der Waals surface area contributed by atoms with E-state index in [-0.39, 0.29) is 11.7 Å². The number of aromatic carboxylic acids is 1. The average molecular weight is 254 g/mol. The lowest BCUT2D eigenvalue weighted by Crippen LogP contribution is -2.12. The van der Waals surface area contributed by atoms with E-state index in [9.17, 15) is 4.79 Å². The second-order valence-corrected chi connectivity index (χ2v) is 3.94. The molecule has 0 fully saturated rings. The number of carbonyl (C=O) groups is 1. The van der Waals surface area contributed by atoms with Gasteiger partial charge < -0.3 is 19.3 Å². The van der Waals surface area contributed by atoms with Gasteiger partial charge in [0.05, 0.1) is 25.4 Å². The molecule has 1 N–H and O–H groups in total. The third-order valence-corrected chi connectivity index (χ3v) is 2.20. The van der Waals surface area contributed by atoms with Crippen molar-refractivity contribution in [2.75, 3.05) is 20.3 Å². The van der Waals surface area contributed by atoms with E-state index in [1.54, 1.807) is 6.07 Å². The first-order chi connectivity index (χ1) is 8.54. The molecule has 0 aliphatic heterocycles. The van der Waals surface area contributed by atoms with E-state index in [1.165, 1.54) is 19.2 Å². The van der Waals surface area contributed by atoms with Gasteiger partial charge >= 0.3 is 5.97 Å². The SMILES string of the molecule is COc1ccc(C(=O)O)cc1OCCOC(C)C. The van der Waals surface area contributed by atoms with Gasteiger partial charge in [-0.25, -0.2) is 4.79 Å². The van der Waals surface area contributed by atoms with Crippen molar-refractivity contribution < 1.29 is 24.1 Å². The summed E-state index contributed by atoms with van der Waals surface area (Å²) in [6.45, 7) is 4.66. The molecule has 1 aromatic rings. The standard InChI is InChI=1S/C13H18O5/c1-9(2)17-6-7-18-12-8-10(13(14)15)4-5-11(12)16-3/h4-5,8-9H,6-7H2,1-3H3,(H,14,15). The molecule has 0 atom stereocenters. The van der Waals surface area contributed by atoms with Crippen LogP contribution in [0.5, 0.6) is 11.5 Å². The Bertz CT molecular complexity index is 400. The fraction of sp³-hybridized carbons (Fsp3) is 0.462. The van der Waals surface area contributed by atoms with Gasteiger partial charge in [-0.1, -0.05) is 0 Å². The topological polar surface area (TPSA) is 65.0 Å². The number of carboxylic acid groups (broad SMARTS) is 1. The van der Waals surface area contributed by atoms with E-state index in [4.69, 9.17) is 19.3 Å². The third-order valence-electron chi connectivity index (χ3n) is 2.20. The molecule has 0 unspecified atom stereocenters. The van der Waals surface area contributed by atoms with Gasteiger partial charge in [0, 0.05) is 0 Å². The largest absolute Gasteiger partial charge is 0.493 e. The molecule has 0 spiro atoms. The molecule has 0 saturated heterocycles. The third kappa shape index (κ3) is 4.25. The Labute approximate surface area is 106 Å². The van der Waals surface area contributed by atoms with E-state index in [2.05, 4.69) is 0 Å². The highest BCUT2D eigenvalue weighted by Gasteiger charge is 2.10. The minimum absolute atomic E-state index is 0.140. The van der Waals surface area contributed by atoms with Crippen LogP contribution in [-0.4, -0.2) is 37.5 Å². The summed E-state index contributed by atoms with van der Waals surface area (Å²) in [6.07, 6.45) is 0.140. The van der Waals surface area contributed by atoms with Crippen LogP contribution in [0.25, 0.3) is 0 Å². The van der Waals surface area contributed by atoms with Gasteiger partial charge in [-0.2, -0.15) is 0 Å². The predicted molar refractivity (Wildman–Crippen MR) is 66.5 cm³/mol. The first-order valence-corrected chi connectivity index (χ1v) is 5.70. The fourth-order valence-electron chi connectivity index (χ4n) is 1.36. The molecule has 0 amide bonds. The maximum Gasteiger partial charge on any atom is 0.335 e. The summed E-state index contributed by atoms with van der Waals surface area (Å²) in [5, 5.41) is 8.90. The van der Waals surface area contributed by atoms with E-state index in [0.29, 0.717) is 24.7 Å². The highest BCUT2D eigenvalue weighted by atomic mass is 16.5. The van der Waals surface area contributed by atoms with Gasteiger partial charge in [0.25, 0.3) is 0 Å². The van der Waals surface area contributed by atoms with Crippen molar-refractivity contribution in [3.63, 3.8) is 0 Å². The Morgan fingerprint density at radius 1 is 1.28 bits per heavy atom.